The van der Waals surface area contributed by atoms with Crippen molar-refractivity contribution in [3.8, 4) is 0 Å². The van der Waals surface area contributed by atoms with Gasteiger partial charge in [0.05, 0.1) is 40.3 Å². The van der Waals surface area contributed by atoms with Crippen LogP contribution >= 0.6 is 0 Å². The van der Waals surface area contributed by atoms with Crippen molar-refractivity contribution >= 4 is 17.9 Å². The lowest BCUT2D eigenvalue weighted by atomic mass is 10.0. The SMILES string of the molecule is CC/C=C\C/C=C\C/C=C\C/C=C\C/C=C\CCCCCCCCCCCCCCCCCCCCCCCCCCCC(=O)OC(COC(=O)CCCCCCCCC/C=C\C/C=C\CCCCCC)COC(OCC[N+](C)(C)C)C(=O)[O-]. The molecule has 0 aliphatic rings. The topological polar surface area (TPSA) is 111 Å². The Morgan fingerprint density at radius 3 is 1.01 bits per heavy atom. The van der Waals surface area contributed by atoms with Gasteiger partial charge in [-0.1, -0.05) is 298 Å². The van der Waals surface area contributed by atoms with Gasteiger partial charge in [0.15, 0.2) is 12.4 Å². The first-order chi connectivity index (χ1) is 41.1. The zero-order valence-corrected chi connectivity index (χ0v) is 55.5. The van der Waals surface area contributed by atoms with E-state index >= 15 is 0 Å². The van der Waals surface area contributed by atoms with Gasteiger partial charge in [0.1, 0.15) is 13.2 Å². The molecule has 0 heterocycles. The van der Waals surface area contributed by atoms with Gasteiger partial charge in [-0.25, -0.2) is 0 Å². The largest absolute Gasteiger partial charge is 0.545 e. The van der Waals surface area contributed by atoms with Gasteiger partial charge >= 0.3 is 11.9 Å². The van der Waals surface area contributed by atoms with E-state index < -0.39 is 24.3 Å². The normalized spacial score (nSPS) is 13.2. The zero-order chi connectivity index (χ0) is 61.2. The van der Waals surface area contributed by atoms with E-state index in [2.05, 4.69) is 98.9 Å². The number of carboxylic acid groups (broad SMARTS) is 1. The molecule has 0 N–H and O–H groups in total. The molecule has 0 aliphatic carbocycles. The minimum absolute atomic E-state index is 0.146. The van der Waals surface area contributed by atoms with Crippen LogP contribution in [0.1, 0.15) is 316 Å². The second kappa shape index (κ2) is 65.4. The van der Waals surface area contributed by atoms with Crippen LogP contribution in [-0.2, 0) is 33.3 Å². The highest BCUT2D eigenvalue weighted by Crippen LogP contribution is 2.18. The molecule has 0 aromatic carbocycles. The highest BCUT2D eigenvalue weighted by atomic mass is 16.7. The molecule has 2 atom stereocenters. The molecule has 0 rings (SSSR count). The van der Waals surface area contributed by atoms with Crippen LogP contribution in [0.2, 0.25) is 0 Å². The molecule has 0 aromatic heterocycles. The first-order valence-electron chi connectivity index (χ1n) is 35.2. The molecule has 2 unspecified atom stereocenters. The number of allylic oxidation sites excluding steroid dienone is 14. The summed E-state index contributed by atoms with van der Waals surface area (Å²) in [6, 6.07) is 0. The number of hydrogen-bond donors (Lipinski definition) is 0. The zero-order valence-electron chi connectivity index (χ0n) is 55.5. The molecule has 0 fully saturated rings. The lowest BCUT2D eigenvalue weighted by molar-refractivity contribution is -0.870. The number of likely N-dealkylation sites (N-methyl/N-ethyl adjacent to an activating group) is 1. The van der Waals surface area contributed by atoms with Crippen LogP contribution < -0.4 is 5.11 Å². The molecule has 9 heteroatoms. The van der Waals surface area contributed by atoms with E-state index in [-0.39, 0.29) is 38.6 Å². The molecular formula is C75H133NO8. The van der Waals surface area contributed by atoms with E-state index in [9.17, 15) is 19.5 Å². The van der Waals surface area contributed by atoms with Crippen molar-refractivity contribution in [3.05, 3.63) is 85.1 Å². The third-order valence-electron chi connectivity index (χ3n) is 15.4. The predicted octanol–water partition coefficient (Wildman–Crippen LogP) is 20.5. The van der Waals surface area contributed by atoms with Crippen LogP contribution in [0, 0.1) is 0 Å². The van der Waals surface area contributed by atoms with Crippen molar-refractivity contribution in [1.82, 2.24) is 0 Å². The van der Waals surface area contributed by atoms with E-state index in [1.807, 2.05) is 21.1 Å². The number of carboxylic acids is 1. The van der Waals surface area contributed by atoms with Crippen molar-refractivity contribution in [2.75, 3.05) is 47.5 Å². The summed E-state index contributed by atoms with van der Waals surface area (Å²) in [7, 11) is 5.93. The summed E-state index contributed by atoms with van der Waals surface area (Å²) in [6.45, 7) is 4.64. The molecule has 0 aliphatic heterocycles. The minimum atomic E-state index is -1.62. The van der Waals surface area contributed by atoms with Crippen molar-refractivity contribution in [2.24, 2.45) is 0 Å². The number of esters is 2. The summed E-state index contributed by atoms with van der Waals surface area (Å²) in [5.41, 5.74) is 0. The maximum absolute atomic E-state index is 12.9. The van der Waals surface area contributed by atoms with Crippen molar-refractivity contribution in [2.45, 2.75) is 328 Å². The number of carbonyl (C=O) groups excluding carboxylic acids is 3. The fraction of sp³-hybridized carbons (Fsp3) is 0.773. The van der Waals surface area contributed by atoms with Crippen molar-refractivity contribution in [3.63, 3.8) is 0 Å². The van der Waals surface area contributed by atoms with Gasteiger partial charge in [-0.05, 0) is 89.9 Å². The summed E-state index contributed by atoms with van der Waals surface area (Å²) in [5, 5.41) is 11.8. The quantitative estimate of drug-likeness (QED) is 0.0195. The van der Waals surface area contributed by atoms with Crippen LogP contribution in [-0.4, -0.2) is 82.3 Å². The monoisotopic (exact) mass is 1180 g/mol. The summed E-state index contributed by atoms with van der Waals surface area (Å²) >= 11 is 0. The Balaban J connectivity index is 3.97. The molecule has 0 radical (unpaired) electrons. The Labute approximate surface area is 519 Å². The maximum Gasteiger partial charge on any atom is 0.306 e. The molecule has 0 amide bonds. The summed E-state index contributed by atoms with van der Waals surface area (Å²) in [5.74, 6) is -2.28. The van der Waals surface area contributed by atoms with Gasteiger partial charge < -0.3 is 33.3 Å². The standard InChI is InChI=1S/C75H133NO8/c1-6-8-10-12-14-16-18-20-22-24-26-27-28-29-30-31-32-33-34-35-36-37-38-39-40-41-42-43-44-45-46-47-48-50-52-54-56-58-60-62-64-66-73(78)84-71(70-83-75(74(79)80)81-68-67-76(3,4)5)69-82-72(77)65-63-61-59-57-55-53-51-49-25-23-21-19-17-15-13-11-9-7-2/h8,10,14,16-17,19-20,22-23,25-27,29-30,71,75H,6-7,9,11-13,15,18,21,24,28,31-70H2,1-5H3/b10-8-,16-14-,19-17-,22-20-,25-23-,27-26-,30-29-. The van der Waals surface area contributed by atoms with Crippen molar-refractivity contribution < 1.29 is 42.9 Å². The molecule has 84 heavy (non-hydrogen) atoms. The van der Waals surface area contributed by atoms with E-state index in [1.54, 1.807) is 0 Å². The number of aliphatic carboxylic acids is 1. The number of hydrogen-bond acceptors (Lipinski definition) is 8. The molecule has 0 bridgehead atoms. The van der Waals surface area contributed by atoms with Gasteiger partial charge in [0, 0.05) is 12.8 Å². The number of quaternary nitrogens is 1. The Morgan fingerprint density at radius 1 is 0.369 bits per heavy atom. The van der Waals surface area contributed by atoms with Gasteiger partial charge in [-0.3, -0.25) is 9.59 Å². The van der Waals surface area contributed by atoms with E-state index in [4.69, 9.17) is 18.9 Å². The molecule has 9 nitrogen and oxygen atoms in total. The smallest absolute Gasteiger partial charge is 0.306 e. The van der Waals surface area contributed by atoms with Crippen LogP contribution in [0.4, 0.5) is 0 Å². The predicted molar refractivity (Wildman–Crippen MR) is 357 cm³/mol. The van der Waals surface area contributed by atoms with Crippen LogP contribution in [0.25, 0.3) is 0 Å². The summed E-state index contributed by atoms with van der Waals surface area (Å²) in [6.07, 6.45) is 85.4. The van der Waals surface area contributed by atoms with Gasteiger partial charge in [-0.2, -0.15) is 0 Å². The fourth-order valence-corrected chi connectivity index (χ4v) is 10.0. The Morgan fingerprint density at radius 2 is 0.679 bits per heavy atom. The lowest BCUT2D eigenvalue weighted by Gasteiger charge is -2.26. The summed E-state index contributed by atoms with van der Waals surface area (Å²) < 4.78 is 22.8. The van der Waals surface area contributed by atoms with E-state index in [0.29, 0.717) is 17.4 Å². The first-order valence-corrected chi connectivity index (χ1v) is 35.2. The number of nitrogens with zero attached hydrogens (tertiary/aromatic N) is 1. The third kappa shape index (κ3) is 66.0. The Bertz CT molecular complexity index is 1650. The van der Waals surface area contributed by atoms with Gasteiger partial charge in [-0.15, -0.1) is 0 Å². The second-order valence-corrected chi connectivity index (χ2v) is 24.8. The first kappa shape index (κ1) is 80.5. The average molecular weight is 1180 g/mol. The van der Waals surface area contributed by atoms with Crippen LogP contribution in [0.15, 0.2) is 85.1 Å². The second-order valence-electron chi connectivity index (χ2n) is 24.8. The third-order valence-corrected chi connectivity index (χ3v) is 15.4. The number of carbonyl (C=O) groups is 3. The minimum Gasteiger partial charge on any atom is -0.545 e. The molecule has 0 saturated heterocycles. The average Bonchev–Trinajstić information content (AvgIpc) is 3.52. The van der Waals surface area contributed by atoms with Gasteiger partial charge in [0.25, 0.3) is 0 Å². The van der Waals surface area contributed by atoms with Crippen LogP contribution in [0.3, 0.4) is 0 Å². The van der Waals surface area contributed by atoms with Crippen molar-refractivity contribution in [1.29, 1.82) is 0 Å². The highest BCUT2D eigenvalue weighted by molar-refractivity contribution is 5.70. The molecule has 0 saturated carbocycles. The number of ether oxygens (including phenoxy) is 4. The Kier molecular flexibility index (Phi) is 62.7. The maximum atomic E-state index is 12.9. The van der Waals surface area contributed by atoms with E-state index in [1.165, 1.54) is 199 Å². The lowest BCUT2D eigenvalue weighted by Crippen LogP contribution is -2.44. The fourth-order valence-electron chi connectivity index (χ4n) is 10.0. The molecular weight excluding hydrogens is 1040 g/mol. The molecule has 0 aromatic rings. The number of rotatable bonds is 65. The Hall–Kier alpha value is -3.53. The van der Waals surface area contributed by atoms with E-state index in [0.717, 1.165) is 83.5 Å². The highest BCUT2D eigenvalue weighted by Gasteiger charge is 2.22. The summed E-state index contributed by atoms with van der Waals surface area (Å²) in [4.78, 5) is 37.4. The van der Waals surface area contributed by atoms with Gasteiger partial charge in [0.2, 0.25) is 0 Å². The molecule has 0 spiro atoms. The van der Waals surface area contributed by atoms with Crippen LogP contribution in [0.5, 0.6) is 0 Å². The number of unbranched alkanes of at least 4 members (excludes halogenated alkanes) is 36. The molecule has 486 valence electrons.